The Morgan fingerprint density at radius 2 is 1.87 bits per heavy atom. The maximum atomic E-state index is 13.2. The second-order valence-electron chi connectivity index (χ2n) is 7.91. The van der Waals surface area contributed by atoms with Gasteiger partial charge in [0.15, 0.2) is 0 Å². The topological polar surface area (TPSA) is 76.6 Å². The summed E-state index contributed by atoms with van der Waals surface area (Å²) in [5.74, 6) is -0.997. The van der Waals surface area contributed by atoms with Gasteiger partial charge in [-0.2, -0.15) is 0 Å². The molecule has 1 aliphatic rings. The van der Waals surface area contributed by atoms with Gasteiger partial charge in [-0.05, 0) is 51.4 Å². The number of amides is 1. The fourth-order valence-electron chi connectivity index (χ4n) is 3.38. The van der Waals surface area contributed by atoms with Crippen LogP contribution in [0.25, 0.3) is 11.1 Å². The van der Waals surface area contributed by atoms with E-state index in [4.69, 9.17) is 39.5 Å². The minimum atomic E-state index is -0.762. The predicted octanol–water partition coefficient (Wildman–Crippen LogP) is 5.04. The molecule has 0 fully saturated rings. The van der Waals surface area contributed by atoms with Crippen molar-refractivity contribution < 1.29 is 19.1 Å². The van der Waals surface area contributed by atoms with Gasteiger partial charge in [0, 0.05) is 21.2 Å². The zero-order valence-electron chi connectivity index (χ0n) is 16.8. The number of fused-ring (bicyclic) bond motifs is 1. The van der Waals surface area contributed by atoms with E-state index in [2.05, 4.69) is 4.98 Å². The molecule has 0 aliphatic carbocycles. The molecular weight excluding hydrogens is 451 g/mol. The van der Waals surface area contributed by atoms with Crippen molar-refractivity contribution >= 4 is 51.9 Å². The number of hydrogen-bond donors (Lipinski definition) is 0. The quantitative estimate of drug-likeness (QED) is 0.463. The maximum Gasteiger partial charge on any atom is 0.326 e. The molecule has 9 heteroatoms. The molecule has 158 valence electrons. The second-order valence-corrected chi connectivity index (χ2v) is 9.10. The van der Waals surface area contributed by atoms with Crippen molar-refractivity contribution in [2.75, 3.05) is 6.54 Å². The van der Waals surface area contributed by atoms with Crippen molar-refractivity contribution in [3.63, 3.8) is 0 Å². The van der Waals surface area contributed by atoms with E-state index >= 15 is 0 Å². The van der Waals surface area contributed by atoms with Crippen molar-refractivity contribution in [2.45, 2.75) is 39.8 Å². The van der Waals surface area contributed by atoms with Crippen LogP contribution in [0.4, 0.5) is 0 Å². The molecule has 0 unspecified atom stereocenters. The van der Waals surface area contributed by atoms with Gasteiger partial charge in [-0.1, -0.05) is 29.3 Å². The van der Waals surface area contributed by atoms with Crippen LogP contribution in [-0.2, 0) is 16.1 Å². The van der Waals surface area contributed by atoms with Crippen molar-refractivity contribution in [1.82, 2.24) is 9.88 Å². The van der Waals surface area contributed by atoms with E-state index in [0.29, 0.717) is 22.0 Å². The first-order chi connectivity index (χ1) is 13.9. The second kappa shape index (κ2) is 8.17. The minimum Gasteiger partial charge on any atom is -0.459 e. The van der Waals surface area contributed by atoms with Crippen LogP contribution in [0.15, 0.2) is 18.2 Å². The first-order valence-corrected chi connectivity index (χ1v) is 10.2. The number of ether oxygens (including phenoxy) is 1. The molecule has 0 saturated carbocycles. The number of hydrogen-bond acceptors (Lipinski definition) is 5. The van der Waals surface area contributed by atoms with Gasteiger partial charge < -0.3 is 9.64 Å². The lowest BCUT2D eigenvalue weighted by atomic mass is 9.93. The van der Waals surface area contributed by atoms with Gasteiger partial charge in [-0.3, -0.25) is 19.4 Å². The Morgan fingerprint density at radius 1 is 1.20 bits per heavy atom. The molecule has 6 nitrogen and oxygen atoms in total. The van der Waals surface area contributed by atoms with Crippen LogP contribution in [-0.4, -0.2) is 39.1 Å². The Balaban J connectivity index is 2.12. The summed E-state index contributed by atoms with van der Waals surface area (Å²) in [7, 11) is 0. The lowest BCUT2D eigenvalue weighted by Gasteiger charge is -2.22. The molecule has 1 aliphatic heterocycles. The maximum absolute atomic E-state index is 13.2. The molecule has 0 N–H and O–H groups in total. The number of benzene rings is 1. The van der Waals surface area contributed by atoms with E-state index in [1.807, 2.05) is 0 Å². The monoisotopic (exact) mass is 468 g/mol. The molecule has 0 radical (unpaired) electrons. The third-order valence-corrected chi connectivity index (χ3v) is 5.17. The van der Waals surface area contributed by atoms with Crippen molar-refractivity contribution in [3.8, 4) is 11.1 Å². The number of halogens is 3. The summed E-state index contributed by atoms with van der Waals surface area (Å²) in [6.07, 6.45) is 0. The highest BCUT2D eigenvalue weighted by Crippen LogP contribution is 2.40. The molecule has 0 spiro atoms. The zero-order chi connectivity index (χ0) is 22.4. The molecule has 2 heterocycles. The highest BCUT2D eigenvalue weighted by atomic mass is 35.5. The summed E-state index contributed by atoms with van der Waals surface area (Å²) in [5.41, 5.74) is 1.12. The minimum absolute atomic E-state index is 0.0899. The van der Waals surface area contributed by atoms with E-state index in [0.717, 1.165) is 0 Å². The molecule has 3 rings (SSSR count). The summed E-state index contributed by atoms with van der Waals surface area (Å²) < 4.78 is 5.32. The largest absolute Gasteiger partial charge is 0.459 e. The van der Waals surface area contributed by atoms with E-state index < -0.39 is 22.7 Å². The van der Waals surface area contributed by atoms with Gasteiger partial charge in [0.2, 0.25) is 0 Å². The molecule has 0 atom stereocenters. The van der Waals surface area contributed by atoms with Crippen LogP contribution in [0.2, 0.25) is 10.0 Å². The fraction of sp³-hybridized carbons (Fsp3) is 0.333. The first kappa shape index (κ1) is 22.5. The summed E-state index contributed by atoms with van der Waals surface area (Å²) in [4.78, 5) is 43.4. The van der Waals surface area contributed by atoms with Crippen molar-refractivity contribution in [2.24, 2.45) is 0 Å². The summed E-state index contributed by atoms with van der Waals surface area (Å²) in [6, 6.07) is 4.74. The Bertz CT molecular complexity index is 1080. The number of nitrogens with zero attached hydrogens (tertiary/aromatic N) is 2. The smallest absolute Gasteiger partial charge is 0.326 e. The van der Waals surface area contributed by atoms with E-state index in [1.165, 1.54) is 11.0 Å². The molecule has 1 amide bonds. The van der Waals surface area contributed by atoms with Crippen LogP contribution in [0.1, 0.15) is 52.9 Å². The van der Waals surface area contributed by atoms with E-state index in [9.17, 15) is 14.4 Å². The number of carbonyl (C=O) groups is 3. The molecule has 1 aromatic heterocycles. The third kappa shape index (κ3) is 4.46. The Kier molecular flexibility index (Phi) is 6.14. The van der Waals surface area contributed by atoms with Gasteiger partial charge in [0.25, 0.3) is 11.1 Å². The highest BCUT2D eigenvalue weighted by Gasteiger charge is 2.37. The average molecular weight is 470 g/mol. The Labute approximate surface area is 189 Å². The van der Waals surface area contributed by atoms with Gasteiger partial charge in [-0.15, -0.1) is 0 Å². The number of rotatable bonds is 4. The molecular formula is C21H19Cl3N2O4. The van der Waals surface area contributed by atoms with Crippen LogP contribution in [0.3, 0.4) is 0 Å². The number of aryl methyl sites for hydroxylation is 1. The Hall–Kier alpha value is -2.15. The summed E-state index contributed by atoms with van der Waals surface area (Å²) >= 11 is 18.2. The van der Waals surface area contributed by atoms with Crippen LogP contribution in [0, 0.1) is 6.92 Å². The van der Waals surface area contributed by atoms with Gasteiger partial charge in [-0.25, -0.2) is 0 Å². The Morgan fingerprint density at radius 3 is 2.43 bits per heavy atom. The fourth-order valence-corrected chi connectivity index (χ4v) is 4.11. The van der Waals surface area contributed by atoms with Crippen LogP contribution >= 0.6 is 34.8 Å². The number of carbonyl (C=O) groups excluding carboxylic acids is 3. The predicted molar refractivity (Wildman–Crippen MR) is 115 cm³/mol. The molecule has 0 bridgehead atoms. The van der Waals surface area contributed by atoms with Crippen molar-refractivity contribution in [1.29, 1.82) is 0 Å². The van der Waals surface area contributed by atoms with Crippen LogP contribution in [0.5, 0.6) is 0 Å². The lowest BCUT2D eigenvalue weighted by Crippen LogP contribution is -2.35. The SMILES string of the molecule is Cc1nc2c(c(-c3ccc(Cl)cc3Cl)c1C(=O)Cl)C(=O)N(CC(=O)OC(C)(C)C)C2. The zero-order valence-corrected chi connectivity index (χ0v) is 19.1. The van der Waals surface area contributed by atoms with Gasteiger partial charge in [0.05, 0.1) is 29.1 Å². The summed E-state index contributed by atoms with van der Waals surface area (Å²) in [5, 5.41) is -0.0992. The highest BCUT2D eigenvalue weighted by molar-refractivity contribution is 6.68. The van der Waals surface area contributed by atoms with Crippen LogP contribution < -0.4 is 0 Å². The lowest BCUT2D eigenvalue weighted by molar-refractivity contribution is -0.155. The van der Waals surface area contributed by atoms with E-state index in [1.54, 1.807) is 39.8 Å². The molecule has 2 aromatic rings. The third-order valence-electron chi connectivity index (χ3n) is 4.43. The number of aromatic nitrogens is 1. The average Bonchev–Trinajstić information content (AvgIpc) is 2.87. The van der Waals surface area contributed by atoms with E-state index in [-0.39, 0.29) is 34.8 Å². The first-order valence-electron chi connectivity index (χ1n) is 9.09. The van der Waals surface area contributed by atoms with Gasteiger partial charge in [0.1, 0.15) is 12.1 Å². The number of pyridine rings is 1. The number of esters is 1. The summed E-state index contributed by atoms with van der Waals surface area (Å²) in [6.45, 7) is 6.72. The molecule has 30 heavy (non-hydrogen) atoms. The van der Waals surface area contributed by atoms with Crippen molar-refractivity contribution in [3.05, 3.63) is 50.8 Å². The normalized spacial score (nSPS) is 13.4. The molecule has 1 aromatic carbocycles. The molecule has 0 saturated heterocycles. The standard InChI is InChI=1S/C21H19Cl3N2O4/c1-10-16(19(24)28)17(12-6-5-11(22)7-13(12)23)18-14(25-10)8-26(20(18)29)9-15(27)30-21(2,3)4/h5-7H,8-9H2,1-4H3. The van der Waals surface area contributed by atoms with Gasteiger partial charge >= 0.3 is 5.97 Å².